The Hall–Kier alpha value is -1.80. The molecule has 2 aromatic carbocycles. The van der Waals surface area contributed by atoms with Crippen molar-refractivity contribution in [2.24, 2.45) is 5.92 Å². The molecule has 21 heavy (non-hydrogen) atoms. The van der Waals surface area contributed by atoms with Crippen LogP contribution >= 0.6 is 0 Å². The summed E-state index contributed by atoms with van der Waals surface area (Å²) in [6.07, 6.45) is 3.41. The standard InChI is InChI=1S/C19H21NO/c1-2-4-19-17(3-1)11-15(13-21-19)9-14-5-6-16-7-8-20-12-18(16)10-14/h1-6,10,15,20H,7-9,11-13H2. The molecule has 0 aliphatic carbocycles. The maximum atomic E-state index is 5.91. The van der Waals surface area contributed by atoms with E-state index in [1.165, 1.54) is 22.3 Å². The highest BCUT2D eigenvalue weighted by Gasteiger charge is 2.20. The zero-order valence-electron chi connectivity index (χ0n) is 12.3. The Kier molecular flexibility index (Phi) is 3.40. The second-order valence-corrected chi connectivity index (χ2v) is 6.22. The molecule has 0 bridgehead atoms. The van der Waals surface area contributed by atoms with E-state index in [9.17, 15) is 0 Å². The molecule has 2 aromatic rings. The fourth-order valence-corrected chi connectivity index (χ4v) is 3.52. The largest absolute Gasteiger partial charge is 0.493 e. The second-order valence-electron chi connectivity index (χ2n) is 6.22. The number of rotatable bonds is 2. The highest BCUT2D eigenvalue weighted by Crippen LogP contribution is 2.29. The van der Waals surface area contributed by atoms with E-state index in [0.717, 1.165) is 44.7 Å². The molecule has 2 heteroatoms. The summed E-state index contributed by atoms with van der Waals surface area (Å²) >= 11 is 0. The topological polar surface area (TPSA) is 21.3 Å². The predicted octanol–water partition coefficient (Wildman–Crippen LogP) is 3.13. The van der Waals surface area contributed by atoms with Gasteiger partial charge >= 0.3 is 0 Å². The fraction of sp³-hybridized carbons (Fsp3) is 0.368. The Bertz CT molecular complexity index is 650. The van der Waals surface area contributed by atoms with Crippen molar-refractivity contribution in [3.05, 3.63) is 64.7 Å². The molecule has 1 N–H and O–H groups in total. The van der Waals surface area contributed by atoms with Crippen LogP contribution in [0.15, 0.2) is 42.5 Å². The van der Waals surface area contributed by atoms with Crippen LogP contribution in [-0.2, 0) is 25.8 Å². The predicted molar refractivity (Wildman–Crippen MR) is 84.7 cm³/mol. The maximum absolute atomic E-state index is 5.91. The molecular formula is C19H21NO. The lowest BCUT2D eigenvalue weighted by Crippen LogP contribution is -2.25. The van der Waals surface area contributed by atoms with Gasteiger partial charge in [-0.15, -0.1) is 0 Å². The zero-order valence-corrected chi connectivity index (χ0v) is 12.3. The lowest BCUT2D eigenvalue weighted by Gasteiger charge is -2.26. The highest BCUT2D eigenvalue weighted by molar-refractivity contribution is 5.37. The summed E-state index contributed by atoms with van der Waals surface area (Å²) in [6, 6.07) is 15.5. The summed E-state index contributed by atoms with van der Waals surface area (Å²) < 4.78 is 5.91. The molecule has 4 rings (SSSR count). The Labute approximate surface area is 126 Å². The van der Waals surface area contributed by atoms with Gasteiger partial charge in [0, 0.05) is 12.5 Å². The van der Waals surface area contributed by atoms with Gasteiger partial charge in [0.15, 0.2) is 0 Å². The van der Waals surface area contributed by atoms with E-state index < -0.39 is 0 Å². The van der Waals surface area contributed by atoms with Crippen LogP contribution in [0.5, 0.6) is 5.75 Å². The van der Waals surface area contributed by atoms with E-state index >= 15 is 0 Å². The van der Waals surface area contributed by atoms with Crippen LogP contribution in [0, 0.1) is 5.92 Å². The van der Waals surface area contributed by atoms with E-state index in [1.54, 1.807) is 0 Å². The van der Waals surface area contributed by atoms with Crippen LogP contribution in [0.2, 0.25) is 0 Å². The van der Waals surface area contributed by atoms with Gasteiger partial charge in [0.2, 0.25) is 0 Å². The Morgan fingerprint density at radius 3 is 3.00 bits per heavy atom. The lowest BCUT2D eigenvalue weighted by atomic mass is 9.89. The van der Waals surface area contributed by atoms with Gasteiger partial charge in [0.05, 0.1) is 6.61 Å². The number of fused-ring (bicyclic) bond motifs is 2. The maximum Gasteiger partial charge on any atom is 0.122 e. The molecule has 2 aliphatic heterocycles. The normalized spacial score (nSPS) is 20.3. The smallest absolute Gasteiger partial charge is 0.122 e. The first-order valence-corrected chi connectivity index (χ1v) is 7.90. The van der Waals surface area contributed by atoms with E-state index in [-0.39, 0.29) is 0 Å². The average molecular weight is 279 g/mol. The molecule has 2 aliphatic rings. The van der Waals surface area contributed by atoms with Gasteiger partial charge in [0.1, 0.15) is 5.75 Å². The third-order valence-corrected chi connectivity index (χ3v) is 4.64. The summed E-state index contributed by atoms with van der Waals surface area (Å²) in [6.45, 7) is 2.97. The summed E-state index contributed by atoms with van der Waals surface area (Å²) in [5.41, 5.74) is 5.80. The zero-order chi connectivity index (χ0) is 14.1. The summed E-state index contributed by atoms with van der Waals surface area (Å²) in [5, 5.41) is 3.46. The van der Waals surface area contributed by atoms with Crippen LogP contribution < -0.4 is 10.1 Å². The first-order chi connectivity index (χ1) is 10.4. The van der Waals surface area contributed by atoms with E-state index in [1.807, 2.05) is 0 Å². The molecule has 2 heterocycles. The van der Waals surface area contributed by atoms with Crippen LogP contribution in [-0.4, -0.2) is 13.2 Å². The van der Waals surface area contributed by atoms with Gasteiger partial charge in [-0.3, -0.25) is 0 Å². The number of ether oxygens (including phenoxy) is 1. The molecule has 0 fully saturated rings. The molecule has 0 saturated heterocycles. The number of hydrogen-bond donors (Lipinski definition) is 1. The van der Waals surface area contributed by atoms with Gasteiger partial charge in [-0.05, 0) is 54.1 Å². The number of benzene rings is 2. The van der Waals surface area contributed by atoms with Crippen LogP contribution in [0.3, 0.4) is 0 Å². The monoisotopic (exact) mass is 279 g/mol. The summed E-state index contributed by atoms with van der Waals surface area (Å²) in [4.78, 5) is 0. The lowest BCUT2D eigenvalue weighted by molar-refractivity contribution is 0.221. The van der Waals surface area contributed by atoms with Crippen molar-refractivity contribution in [3.8, 4) is 5.75 Å². The van der Waals surface area contributed by atoms with Crippen LogP contribution in [0.4, 0.5) is 0 Å². The first-order valence-electron chi connectivity index (χ1n) is 7.90. The number of nitrogens with one attached hydrogen (secondary N) is 1. The Morgan fingerprint density at radius 2 is 2.00 bits per heavy atom. The third kappa shape index (κ3) is 2.68. The van der Waals surface area contributed by atoms with Gasteiger partial charge in [-0.1, -0.05) is 36.4 Å². The minimum Gasteiger partial charge on any atom is -0.493 e. The fourth-order valence-electron chi connectivity index (χ4n) is 3.52. The van der Waals surface area contributed by atoms with Crippen molar-refractivity contribution >= 4 is 0 Å². The quantitative estimate of drug-likeness (QED) is 0.912. The van der Waals surface area contributed by atoms with E-state index in [4.69, 9.17) is 4.74 Å². The van der Waals surface area contributed by atoms with Crippen molar-refractivity contribution < 1.29 is 4.74 Å². The molecular weight excluding hydrogens is 258 g/mol. The number of para-hydroxylation sites is 1. The Balaban J connectivity index is 1.50. The van der Waals surface area contributed by atoms with Crippen molar-refractivity contribution in [1.29, 1.82) is 0 Å². The SMILES string of the molecule is c1ccc2c(c1)CC(Cc1ccc3c(c1)CNCC3)CO2. The molecule has 0 radical (unpaired) electrons. The van der Waals surface area contributed by atoms with Crippen molar-refractivity contribution in [1.82, 2.24) is 5.32 Å². The Morgan fingerprint density at radius 1 is 1.05 bits per heavy atom. The highest BCUT2D eigenvalue weighted by atomic mass is 16.5. The molecule has 0 amide bonds. The van der Waals surface area contributed by atoms with Gasteiger partial charge in [-0.2, -0.15) is 0 Å². The average Bonchev–Trinajstić information content (AvgIpc) is 2.55. The molecule has 1 unspecified atom stereocenters. The van der Waals surface area contributed by atoms with Gasteiger partial charge in [-0.25, -0.2) is 0 Å². The van der Waals surface area contributed by atoms with E-state index in [2.05, 4.69) is 47.8 Å². The van der Waals surface area contributed by atoms with Crippen LogP contribution in [0.1, 0.15) is 22.3 Å². The van der Waals surface area contributed by atoms with Crippen molar-refractivity contribution in [3.63, 3.8) is 0 Å². The van der Waals surface area contributed by atoms with Crippen LogP contribution in [0.25, 0.3) is 0 Å². The van der Waals surface area contributed by atoms with Gasteiger partial charge in [0.25, 0.3) is 0 Å². The molecule has 0 aromatic heterocycles. The number of hydrogen-bond acceptors (Lipinski definition) is 2. The van der Waals surface area contributed by atoms with Crippen molar-refractivity contribution in [2.75, 3.05) is 13.2 Å². The third-order valence-electron chi connectivity index (χ3n) is 4.64. The molecule has 2 nitrogen and oxygen atoms in total. The minimum absolute atomic E-state index is 0.592. The first kappa shape index (κ1) is 12.9. The minimum atomic E-state index is 0.592. The molecule has 0 spiro atoms. The van der Waals surface area contributed by atoms with Crippen molar-refractivity contribution in [2.45, 2.75) is 25.8 Å². The molecule has 108 valence electrons. The second kappa shape index (κ2) is 5.53. The molecule has 1 atom stereocenters. The summed E-state index contributed by atoms with van der Waals surface area (Å²) in [7, 11) is 0. The van der Waals surface area contributed by atoms with Gasteiger partial charge < -0.3 is 10.1 Å². The summed E-state index contributed by atoms with van der Waals surface area (Å²) in [5.74, 6) is 1.66. The molecule has 0 saturated carbocycles. The van der Waals surface area contributed by atoms with E-state index in [0.29, 0.717) is 5.92 Å².